The Bertz CT molecular complexity index is 285. The zero-order chi connectivity index (χ0) is 11.1. The third-order valence-electron chi connectivity index (χ3n) is 2.28. The molecule has 0 aliphatic rings. The molecule has 2 nitrogen and oxygen atoms in total. The van der Waals surface area contributed by atoms with Crippen LogP contribution >= 0.6 is 0 Å². The number of likely N-dealkylation sites (N-methyl/N-ethyl adjacent to an activating group) is 1. The van der Waals surface area contributed by atoms with Gasteiger partial charge in [0.05, 0.1) is 6.61 Å². The van der Waals surface area contributed by atoms with E-state index in [4.69, 9.17) is 4.74 Å². The molecule has 15 heavy (non-hydrogen) atoms. The van der Waals surface area contributed by atoms with Crippen molar-refractivity contribution in [3.05, 3.63) is 35.6 Å². The van der Waals surface area contributed by atoms with Gasteiger partial charge >= 0.3 is 0 Å². The molecule has 0 saturated heterocycles. The minimum Gasteiger partial charge on any atom is -0.383 e. The van der Waals surface area contributed by atoms with Gasteiger partial charge in [-0.3, -0.25) is 0 Å². The van der Waals surface area contributed by atoms with E-state index in [1.54, 1.807) is 13.2 Å². The first-order valence-electron chi connectivity index (χ1n) is 5.23. The van der Waals surface area contributed by atoms with Gasteiger partial charge in [-0.25, -0.2) is 4.39 Å². The maximum atomic E-state index is 13.4. The molecular weight excluding hydrogens is 193 g/mol. The molecule has 0 aliphatic heterocycles. The van der Waals surface area contributed by atoms with E-state index in [0.29, 0.717) is 13.0 Å². The minimum absolute atomic E-state index is 0.142. The summed E-state index contributed by atoms with van der Waals surface area (Å²) in [5, 5.41) is 3.27. The molecule has 0 amide bonds. The fraction of sp³-hybridized carbons (Fsp3) is 0.500. The van der Waals surface area contributed by atoms with Gasteiger partial charge in [-0.2, -0.15) is 0 Å². The van der Waals surface area contributed by atoms with E-state index in [9.17, 15) is 4.39 Å². The molecule has 0 radical (unpaired) electrons. The van der Waals surface area contributed by atoms with Gasteiger partial charge in [-0.15, -0.1) is 0 Å². The van der Waals surface area contributed by atoms with Crippen LogP contribution in [0.4, 0.5) is 4.39 Å². The topological polar surface area (TPSA) is 21.3 Å². The smallest absolute Gasteiger partial charge is 0.126 e. The molecule has 1 atom stereocenters. The maximum absolute atomic E-state index is 13.4. The maximum Gasteiger partial charge on any atom is 0.126 e. The van der Waals surface area contributed by atoms with Gasteiger partial charge in [0.2, 0.25) is 0 Å². The Morgan fingerprint density at radius 2 is 2.13 bits per heavy atom. The Morgan fingerprint density at radius 1 is 1.40 bits per heavy atom. The van der Waals surface area contributed by atoms with Gasteiger partial charge in [0.25, 0.3) is 0 Å². The summed E-state index contributed by atoms with van der Waals surface area (Å²) in [7, 11) is 1.66. The summed E-state index contributed by atoms with van der Waals surface area (Å²) in [4.78, 5) is 0. The largest absolute Gasteiger partial charge is 0.383 e. The molecule has 1 aromatic rings. The SMILES string of the molecule is CCNC(COC)Cc1ccccc1F. The van der Waals surface area contributed by atoms with Crippen molar-refractivity contribution in [3.8, 4) is 0 Å². The summed E-state index contributed by atoms with van der Waals surface area (Å²) >= 11 is 0. The summed E-state index contributed by atoms with van der Waals surface area (Å²) < 4.78 is 18.4. The van der Waals surface area contributed by atoms with Gasteiger partial charge in [0.1, 0.15) is 5.82 Å². The highest BCUT2D eigenvalue weighted by Crippen LogP contribution is 2.09. The number of rotatable bonds is 6. The van der Waals surface area contributed by atoms with E-state index in [0.717, 1.165) is 12.1 Å². The van der Waals surface area contributed by atoms with Crippen LogP contribution in [-0.2, 0) is 11.2 Å². The zero-order valence-corrected chi connectivity index (χ0v) is 9.29. The highest BCUT2D eigenvalue weighted by molar-refractivity contribution is 5.18. The molecular formula is C12H18FNO. The predicted molar refractivity (Wildman–Crippen MR) is 59.4 cm³/mol. The number of ether oxygens (including phenoxy) is 1. The number of hydrogen-bond acceptors (Lipinski definition) is 2. The summed E-state index contributed by atoms with van der Waals surface area (Å²) in [6, 6.07) is 7.04. The first-order chi connectivity index (χ1) is 7.27. The quantitative estimate of drug-likeness (QED) is 0.777. The van der Waals surface area contributed by atoms with E-state index in [2.05, 4.69) is 5.32 Å². The van der Waals surface area contributed by atoms with Crippen molar-refractivity contribution in [1.82, 2.24) is 5.32 Å². The van der Waals surface area contributed by atoms with Crippen LogP contribution in [0.1, 0.15) is 12.5 Å². The van der Waals surface area contributed by atoms with Crippen molar-refractivity contribution in [1.29, 1.82) is 0 Å². The number of nitrogens with one attached hydrogen (secondary N) is 1. The number of halogens is 1. The fourth-order valence-corrected chi connectivity index (χ4v) is 1.61. The molecule has 0 heterocycles. The van der Waals surface area contributed by atoms with Gasteiger partial charge in [-0.1, -0.05) is 25.1 Å². The standard InChI is InChI=1S/C12H18FNO/c1-3-14-11(9-15-2)8-10-6-4-5-7-12(10)13/h4-7,11,14H,3,8-9H2,1-2H3. The lowest BCUT2D eigenvalue weighted by atomic mass is 10.1. The molecule has 0 saturated carbocycles. The monoisotopic (exact) mass is 211 g/mol. The molecule has 0 bridgehead atoms. The third-order valence-corrected chi connectivity index (χ3v) is 2.28. The molecule has 0 spiro atoms. The lowest BCUT2D eigenvalue weighted by molar-refractivity contribution is 0.166. The first-order valence-corrected chi connectivity index (χ1v) is 5.23. The average molecular weight is 211 g/mol. The van der Waals surface area contributed by atoms with Crippen molar-refractivity contribution < 1.29 is 9.13 Å². The number of benzene rings is 1. The van der Waals surface area contributed by atoms with Gasteiger partial charge in [0, 0.05) is 13.2 Å². The lowest BCUT2D eigenvalue weighted by Crippen LogP contribution is -2.35. The summed E-state index contributed by atoms with van der Waals surface area (Å²) in [5.74, 6) is -0.142. The van der Waals surface area contributed by atoms with Crippen LogP contribution in [-0.4, -0.2) is 26.3 Å². The van der Waals surface area contributed by atoms with Crippen LogP contribution < -0.4 is 5.32 Å². The molecule has 3 heteroatoms. The van der Waals surface area contributed by atoms with Crippen LogP contribution in [0, 0.1) is 5.82 Å². The van der Waals surface area contributed by atoms with Crippen LogP contribution in [0.3, 0.4) is 0 Å². The highest BCUT2D eigenvalue weighted by atomic mass is 19.1. The van der Waals surface area contributed by atoms with Crippen LogP contribution in [0.15, 0.2) is 24.3 Å². The molecule has 1 aromatic carbocycles. The van der Waals surface area contributed by atoms with Crippen LogP contribution in [0.25, 0.3) is 0 Å². The van der Waals surface area contributed by atoms with E-state index in [1.807, 2.05) is 19.1 Å². The molecule has 0 aliphatic carbocycles. The molecule has 1 unspecified atom stereocenters. The Labute approximate surface area is 90.4 Å². The van der Waals surface area contributed by atoms with Crippen molar-refractivity contribution in [3.63, 3.8) is 0 Å². The Morgan fingerprint density at radius 3 is 2.73 bits per heavy atom. The Hall–Kier alpha value is -0.930. The molecule has 0 fully saturated rings. The zero-order valence-electron chi connectivity index (χ0n) is 9.29. The molecule has 1 rings (SSSR count). The van der Waals surface area contributed by atoms with E-state index in [-0.39, 0.29) is 11.9 Å². The van der Waals surface area contributed by atoms with E-state index in [1.165, 1.54) is 6.07 Å². The van der Waals surface area contributed by atoms with Gasteiger partial charge < -0.3 is 10.1 Å². The van der Waals surface area contributed by atoms with Crippen molar-refractivity contribution >= 4 is 0 Å². The number of hydrogen-bond donors (Lipinski definition) is 1. The summed E-state index contributed by atoms with van der Waals surface area (Å²) in [6.07, 6.45) is 0.661. The molecule has 0 aromatic heterocycles. The second-order valence-electron chi connectivity index (χ2n) is 3.51. The molecule has 1 N–H and O–H groups in total. The predicted octanol–water partition coefficient (Wildman–Crippen LogP) is 1.99. The first kappa shape index (κ1) is 12.1. The number of methoxy groups -OCH3 is 1. The lowest BCUT2D eigenvalue weighted by Gasteiger charge is -2.17. The van der Waals surface area contributed by atoms with Gasteiger partial charge in [0.15, 0.2) is 0 Å². The van der Waals surface area contributed by atoms with E-state index >= 15 is 0 Å². The average Bonchev–Trinajstić information content (AvgIpc) is 2.22. The van der Waals surface area contributed by atoms with Gasteiger partial charge in [-0.05, 0) is 24.6 Å². The summed E-state index contributed by atoms with van der Waals surface area (Å²) in [5.41, 5.74) is 0.737. The Balaban J connectivity index is 2.60. The van der Waals surface area contributed by atoms with Crippen molar-refractivity contribution in [2.75, 3.05) is 20.3 Å². The van der Waals surface area contributed by atoms with Crippen molar-refractivity contribution in [2.24, 2.45) is 0 Å². The van der Waals surface area contributed by atoms with E-state index < -0.39 is 0 Å². The van der Waals surface area contributed by atoms with Crippen LogP contribution in [0.2, 0.25) is 0 Å². The second-order valence-corrected chi connectivity index (χ2v) is 3.51. The normalized spacial score (nSPS) is 12.7. The van der Waals surface area contributed by atoms with Crippen molar-refractivity contribution in [2.45, 2.75) is 19.4 Å². The minimum atomic E-state index is -0.142. The summed E-state index contributed by atoms with van der Waals surface area (Å²) in [6.45, 7) is 3.49. The Kier molecular flexibility index (Phi) is 5.29. The van der Waals surface area contributed by atoms with Crippen LogP contribution in [0.5, 0.6) is 0 Å². The highest BCUT2D eigenvalue weighted by Gasteiger charge is 2.10. The fourth-order valence-electron chi connectivity index (χ4n) is 1.61. The molecule has 84 valence electrons. The third kappa shape index (κ3) is 3.98. The second kappa shape index (κ2) is 6.53.